The molecule has 0 bridgehead atoms. The lowest BCUT2D eigenvalue weighted by atomic mass is 10.2. The van der Waals surface area contributed by atoms with Crippen LogP contribution in [0, 0.1) is 5.92 Å². The Hall–Kier alpha value is -0.830. The second-order valence-corrected chi connectivity index (χ2v) is 4.09. The van der Waals surface area contributed by atoms with Crippen LogP contribution in [0.4, 0.5) is 0 Å². The molecule has 1 heterocycles. The van der Waals surface area contributed by atoms with E-state index >= 15 is 0 Å². The minimum Gasteiger partial charge on any atom is -0.330 e. The molecule has 13 heavy (non-hydrogen) atoms. The average molecular weight is 179 g/mol. The first kappa shape index (κ1) is 8.75. The maximum absolute atomic E-state index is 5.86. The number of hydrogen-bond acceptors (Lipinski definition) is 2. The lowest BCUT2D eigenvalue weighted by Crippen LogP contribution is -2.15. The summed E-state index contributed by atoms with van der Waals surface area (Å²) in [5.41, 5.74) is 7.01. The van der Waals surface area contributed by atoms with Crippen LogP contribution in [-0.2, 0) is 0 Å². The molecular formula is C10H17N3. The number of aromatic nitrogens is 2. The molecule has 1 saturated carbocycles. The van der Waals surface area contributed by atoms with E-state index in [2.05, 4.69) is 16.5 Å². The Morgan fingerprint density at radius 2 is 2.23 bits per heavy atom. The van der Waals surface area contributed by atoms with Gasteiger partial charge in [-0.2, -0.15) is 0 Å². The van der Waals surface area contributed by atoms with Crippen molar-refractivity contribution in [2.75, 3.05) is 0 Å². The zero-order valence-corrected chi connectivity index (χ0v) is 8.27. The Morgan fingerprint density at radius 3 is 2.77 bits per heavy atom. The van der Waals surface area contributed by atoms with E-state index in [-0.39, 0.29) is 6.04 Å². The Bertz CT molecular complexity index is 286. The zero-order valence-electron chi connectivity index (χ0n) is 8.27. The first-order valence-corrected chi connectivity index (χ1v) is 4.97. The van der Waals surface area contributed by atoms with Crippen molar-refractivity contribution in [1.29, 1.82) is 0 Å². The van der Waals surface area contributed by atoms with Gasteiger partial charge in [0.2, 0.25) is 0 Å². The van der Waals surface area contributed by atoms with Crippen molar-refractivity contribution in [3.05, 3.63) is 18.2 Å². The van der Waals surface area contributed by atoms with Gasteiger partial charge < -0.3 is 10.3 Å². The average Bonchev–Trinajstić information content (AvgIpc) is 2.80. The first-order chi connectivity index (χ1) is 6.20. The van der Waals surface area contributed by atoms with Crippen LogP contribution in [0.25, 0.3) is 0 Å². The fourth-order valence-electron chi connectivity index (χ4n) is 1.81. The van der Waals surface area contributed by atoms with Crippen LogP contribution in [0.3, 0.4) is 0 Å². The van der Waals surface area contributed by atoms with Gasteiger partial charge in [-0.3, -0.25) is 0 Å². The Labute approximate surface area is 79.0 Å². The summed E-state index contributed by atoms with van der Waals surface area (Å²) in [4.78, 5) is 4.16. The molecule has 0 saturated heterocycles. The predicted molar refractivity (Wildman–Crippen MR) is 52.3 cm³/mol. The molecule has 2 atom stereocenters. The molecule has 0 radical (unpaired) electrons. The van der Waals surface area contributed by atoms with Gasteiger partial charge in [0.05, 0.1) is 12.0 Å². The fraction of sp³-hybridized carbons (Fsp3) is 0.700. The SMILES string of the molecule is CC(C1CC1)n1cncc1[C@H](C)N. The molecule has 1 unspecified atom stereocenters. The van der Waals surface area contributed by atoms with E-state index in [1.54, 1.807) is 0 Å². The molecule has 1 aromatic heterocycles. The van der Waals surface area contributed by atoms with Gasteiger partial charge in [0, 0.05) is 18.3 Å². The molecule has 0 spiro atoms. The molecule has 2 N–H and O–H groups in total. The fourth-order valence-corrected chi connectivity index (χ4v) is 1.81. The Morgan fingerprint density at radius 1 is 1.54 bits per heavy atom. The van der Waals surface area contributed by atoms with Crippen LogP contribution >= 0.6 is 0 Å². The van der Waals surface area contributed by atoms with Crippen molar-refractivity contribution < 1.29 is 0 Å². The normalized spacial score (nSPS) is 21.5. The standard InChI is InChI=1S/C10H17N3/c1-7(11)10-5-12-6-13(10)8(2)9-3-4-9/h5-9H,3-4,11H2,1-2H3/t7-,8?/m0/s1. The van der Waals surface area contributed by atoms with Crippen molar-refractivity contribution in [1.82, 2.24) is 9.55 Å². The number of nitrogens with two attached hydrogens (primary N) is 1. The summed E-state index contributed by atoms with van der Waals surface area (Å²) >= 11 is 0. The summed E-state index contributed by atoms with van der Waals surface area (Å²) < 4.78 is 2.22. The van der Waals surface area contributed by atoms with E-state index in [0.29, 0.717) is 6.04 Å². The van der Waals surface area contributed by atoms with Gasteiger partial charge >= 0.3 is 0 Å². The maximum Gasteiger partial charge on any atom is 0.0951 e. The predicted octanol–water partition coefficient (Wildman–Crippen LogP) is 1.87. The first-order valence-electron chi connectivity index (χ1n) is 4.97. The summed E-state index contributed by atoms with van der Waals surface area (Å²) in [7, 11) is 0. The van der Waals surface area contributed by atoms with Crippen molar-refractivity contribution in [3.63, 3.8) is 0 Å². The minimum atomic E-state index is 0.0868. The smallest absolute Gasteiger partial charge is 0.0951 e. The maximum atomic E-state index is 5.86. The summed E-state index contributed by atoms with van der Waals surface area (Å²) in [5, 5.41) is 0. The van der Waals surface area contributed by atoms with E-state index < -0.39 is 0 Å². The molecule has 0 amide bonds. The van der Waals surface area contributed by atoms with E-state index in [0.717, 1.165) is 11.6 Å². The third kappa shape index (κ3) is 1.61. The lowest BCUT2D eigenvalue weighted by Gasteiger charge is -2.17. The van der Waals surface area contributed by atoms with E-state index in [1.165, 1.54) is 12.8 Å². The highest BCUT2D eigenvalue weighted by molar-refractivity contribution is 5.06. The van der Waals surface area contributed by atoms with Crippen LogP contribution in [0.2, 0.25) is 0 Å². The van der Waals surface area contributed by atoms with Crippen molar-refractivity contribution in [2.24, 2.45) is 11.7 Å². The van der Waals surface area contributed by atoms with Gasteiger partial charge in [-0.05, 0) is 32.6 Å². The van der Waals surface area contributed by atoms with Gasteiger partial charge in [-0.25, -0.2) is 4.98 Å². The van der Waals surface area contributed by atoms with E-state index in [9.17, 15) is 0 Å². The van der Waals surface area contributed by atoms with E-state index in [1.807, 2.05) is 19.4 Å². The topological polar surface area (TPSA) is 43.8 Å². The summed E-state index contributed by atoms with van der Waals surface area (Å²) in [6, 6.07) is 0.659. The summed E-state index contributed by atoms with van der Waals surface area (Å²) in [5.74, 6) is 0.853. The molecule has 1 fully saturated rings. The van der Waals surface area contributed by atoms with E-state index in [4.69, 9.17) is 5.73 Å². The summed E-state index contributed by atoms with van der Waals surface area (Å²) in [6.07, 6.45) is 6.50. The highest BCUT2D eigenvalue weighted by Gasteiger charge is 2.30. The quantitative estimate of drug-likeness (QED) is 0.769. The molecular weight excluding hydrogens is 162 g/mol. The third-order valence-corrected chi connectivity index (χ3v) is 2.91. The second kappa shape index (κ2) is 3.14. The molecule has 0 aromatic carbocycles. The van der Waals surface area contributed by atoms with Crippen LogP contribution in [0.15, 0.2) is 12.5 Å². The van der Waals surface area contributed by atoms with Crippen LogP contribution < -0.4 is 5.73 Å². The van der Waals surface area contributed by atoms with Gasteiger partial charge in [0.25, 0.3) is 0 Å². The number of hydrogen-bond donors (Lipinski definition) is 1. The number of imidazole rings is 1. The monoisotopic (exact) mass is 179 g/mol. The minimum absolute atomic E-state index is 0.0868. The van der Waals surface area contributed by atoms with Crippen molar-refractivity contribution in [2.45, 2.75) is 38.8 Å². The van der Waals surface area contributed by atoms with Gasteiger partial charge in [0.15, 0.2) is 0 Å². The van der Waals surface area contributed by atoms with Crippen LogP contribution in [0.1, 0.15) is 44.5 Å². The molecule has 2 rings (SSSR count). The van der Waals surface area contributed by atoms with Crippen molar-refractivity contribution >= 4 is 0 Å². The molecule has 1 aromatic rings. The Balaban J connectivity index is 2.22. The molecule has 0 aliphatic heterocycles. The summed E-state index contributed by atoms with van der Waals surface area (Å²) in [6.45, 7) is 4.26. The van der Waals surface area contributed by atoms with Gasteiger partial charge in [-0.15, -0.1) is 0 Å². The molecule has 1 aliphatic carbocycles. The van der Waals surface area contributed by atoms with Crippen LogP contribution in [-0.4, -0.2) is 9.55 Å². The van der Waals surface area contributed by atoms with Crippen LogP contribution in [0.5, 0.6) is 0 Å². The third-order valence-electron chi connectivity index (χ3n) is 2.91. The number of nitrogens with zero attached hydrogens (tertiary/aromatic N) is 2. The lowest BCUT2D eigenvalue weighted by molar-refractivity contribution is 0.461. The molecule has 1 aliphatic rings. The molecule has 3 heteroatoms. The highest BCUT2D eigenvalue weighted by atomic mass is 15.1. The van der Waals surface area contributed by atoms with Gasteiger partial charge in [-0.1, -0.05) is 0 Å². The zero-order chi connectivity index (χ0) is 9.42. The number of rotatable bonds is 3. The van der Waals surface area contributed by atoms with Crippen molar-refractivity contribution in [3.8, 4) is 0 Å². The van der Waals surface area contributed by atoms with Gasteiger partial charge in [0.1, 0.15) is 0 Å². The molecule has 3 nitrogen and oxygen atoms in total. The Kier molecular flexibility index (Phi) is 2.12. The highest BCUT2D eigenvalue weighted by Crippen LogP contribution is 2.40. The second-order valence-electron chi connectivity index (χ2n) is 4.09. The molecule has 72 valence electrons. The largest absolute Gasteiger partial charge is 0.330 e.